The topological polar surface area (TPSA) is 86.8 Å². The highest BCUT2D eigenvalue weighted by Gasteiger charge is 2.35. The van der Waals surface area contributed by atoms with Crippen LogP contribution in [0.1, 0.15) is 42.0 Å². The molecule has 1 unspecified atom stereocenters. The van der Waals surface area contributed by atoms with Crippen molar-refractivity contribution in [1.29, 1.82) is 0 Å². The molecule has 1 atom stereocenters. The number of hydrogen-bond donors (Lipinski definition) is 1. The number of aryl methyl sites for hydroxylation is 2. The number of anilines is 1. The van der Waals surface area contributed by atoms with Crippen LogP contribution in [0.15, 0.2) is 108 Å². The van der Waals surface area contributed by atoms with Gasteiger partial charge >= 0.3 is 0 Å². The largest absolute Gasteiger partial charge is 0.354 e. The van der Waals surface area contributed by atoms with Crippen molar-refractivity contribution in [3.8, 4) is 0 Å². The van der Waals surface area contributed by atoms with Crippen molar-refractivity contribution in [2.24, 2.45) is 0 Å². The van der Waals surface area contributed by atoms with E-state index in [1.165, 1.54) is 17.0 Å². The van der Waals surface area contributed by atoms with Crippen LogP contribution in [0.2, 0.25) is 5.02 Å². The molecule has 4 rings (SSSR count). The normalized spacial score (nSPS) is 11.9. The van der Waals surface area contributed by atoms with E-state index in [0.29, 0.717) is 22.8 Å². The smallest absolute Gasteiger partial charge is 0.264 e. The van der Waals surface area contributed by atoms with Gasteiger partial charge in [0.2, 0.25) is 11.8 Å². The number of carbonyl (C=O) groups is 2. The zero-order valence-electron chi connectivity index (χ0n) is 25.9. The lowest BCUT2D eigenvalue weighted by atomic mass is 10.0. The first kappa shape index (κ1) is 33.7. The Bertz CT molecular complexity index is 1680. The number of carbonyl (C=O) groups excluding carboxylic acids is 2. The number of amides is 2. The Hall–Kier alpha value is -4.14. The third-order valence-electron chi connectivity index (χ3n) is 7.62. The van der Waals surface area contributed by atoms with E-state index in [9.17, 15) is 18.0 Å². The van der Waals surface area contributed by atoms with Crippen molar-refractivity contribution in [2.45, 2.75) is 57.5 Å². The molecule has 0 aliphatic carbocycles. The van der Waals surface area contributed by atoms with Gasteiger partial charge in [-0.1, -0.05) is 109 Å². The Labute approximate surface area is 271 Å². The summed E-state index contributed by atoms with van der Waals surface area (Å²) in [5.74, 6) is -0.801. The molecular formula is C36H40ClN3O4S. The molecule has 9 heteroatoms. The molecule has 4 aromatic rings. The van der Waals surface area contributed by atoms with Crippen LogP contribution in [0.5, 0.6) is 0 Å². The summed E-state index contributed by atoms with van der Waals surface area (Å²) in [7, 11) is -4.20. The number of rotatable bonds is 14. The highest BCUT2D eigenvalue weighted by Crippen LogP contribution is 2.30. The van der Waals surface area contributed by atoms with Gasteiger partial charge < -0.3 is 10.2 Å². The molecule has 0 saturated heterocycles. The molecular weight excluding hydrogens is 606 g/mol. The minimum atomic E-state index is -4.20. The lowest BCUT2D eigenvalue weighted by Crippen LogP contribution is -2.53. The van der Waals surface area contributed by atoms with E-state index >= 15 is 0 Å². The predicted molar refractivity (Wildman–Crippen MR) is 181 cm³/mol. The molecule has 2 amide bonds. The third-order valence-corrected chi connectivity index (χ3v) is 9.63. The zero-order chi connectivity index (χ0) is 32.4. The van der Waals surface area contributed by atoms with Crippen LogP contribution in [-0.2, 0) is 32.6 Å². The van der Waals surface area contributed by atoms with Crippen LogP contribution in [0.3, 0.4) is 0 Å². The average Bonchev–Trinajstić information content (AvgIpc) is 3.04. The summed E-state index contributed by atoms with van der Waals surface area (Å²) in [4.78, 5) is 29.9. The second-order valence-electron chi connectivity index (χ2n) is 11.1. The number of sulfonamides is 1. The number of unbranched alkanes of at least 4 members (excludes halogenated alkanes) is 1. The van der Waals surface area contributed by atoms with Crippen molar-refractivity contribution in [1.82, 2.24) is 10.2 Å². The van der Waals surface area contributed by atoms with Gasteiger partial charge in [0.05, 0.1) is 10.6 Å². The Morgan fingerprint density at radius 2 is 1.49 bits per heavy atom. The van der Waals surface area contributed by atoms with Crippen molar-refractivity contribution in [3.05, 3.63) is 130 Å². The van der Waals surface area contributed by atoms with Gasteiger partial charge in [-0.05, 0) is 61.2 Å². The lowest BCUT2D eigenvalue weighted by Gasteiger charge is -2.34. The van der Waals surface area contributed by atoms with Gasteiger partial charge in [0, 0.05) is 24.5 Å². The van der Waals surface area contributed by atoms with E-state index in [4.69, 9.17) is 11.6 Å². The van der Waals surface area contributed by atoms with E-state index in [1.54, 1.807) is 43.3 Å². The van der Waals surface area contributed by atoms with Crippen LogP contribution in [0, 0.1) is 13.8 Å². The SMILES string of the molecule is CCCCNC(=O)C(Cc1ccccc1)N(Cc1ccc(C)cc1)C(=O)CN(c1cc(Cl)ccc1C)S(=O)(=O)c1ccccc1. The van der Waals surface area contributed by atoms with Gasteiger partial charge in [0.1, 0.15) is 12.6 Å². The van der Waals surface area contributed by atoms with Gasteiger partial charge in [0.15, 0.2) is 0 Å². The number of nitrogens with zero attached hydrogens (tertiary/aromatic N) is 2. The number of hydrogen-bond acceptors (Lipinski definition) is 4. The molecule has 236 valence electrons. The maximum absolute atomic E-state index is 14.5. The molecule has 0 saturated carbocycles. The fourth-order valence-electron chi connectivity index (χ4n) is 5.03. The van der Waals surface area contributed by atoms with Crippen molar-refractivity contribution < 1.29 is 18.0 Å². The summed E-state index contributed by atoms with van der Waals surface area (Å²) in [5, 5.41) is 3.35. The summed E-state index contributed by atoms with van der Waals surface area (Å²) < 4.78 is 29.4. The van der Waals surface area contributed by atoms with E-state index in [0.717, 1.165) is 33.8 Å². The molecule has 0 spiro atoms. The van der Waals surface area contributed by atoms with Crippen molar-refractivity contribution in [2.75, 3.05) is 17.4 Å². The molecule has 0 heterocycles. The summed E-state index contributed by atoms with van der Waals surface area (Å²) in [5.41, 5.74) is 3.70. The first-order valence-corrected chi connectivity index (χ1v) is 16.9. The summed E-state index contributed by atoms with van der Waals surface area (Å²) in [6.45, 7) is 5.85. The maximum Gasteiger partial charge on any atom is 0.264 e. The van der Waals surface area contributed by atoms with Crippen molar-refractivity contribution >= 4 is 39.1 Å². The van der Waals surface area contributed by atoms with Gasteiger partial charge in [-0.15, -0.1) is 0 Å². The predicted octanol–water partition coefficient (Wildman–Crippen LogP) is 6.71. The summed E-state index contributed by atoms with van der Waals surface area (Å²) in [6.07, 6.45) is 1.96. The molecule has 0 aliphatic heterocycles. The number of benzene rings is 4. The van der Waals surface area contributed by atoms with E-state index in [2.05, 4.69) is 5.32 Å². The molecule has 45 heavy (non-hydrogen) atoms. The Balaban J connectivity index is 1.81. The molecule has 0 aliphatic rings. The number of nitrogens with one attached hydrogen (secondary N) is 1. The van der Waals surface area contributed by atoms with Gasteiger partial charge in [0.25, 0.3) is 10.0 Å². The lowest BCUT2D eigenvalue weighted by molar-refractivity contribution is -0.140. The van der Waals surface area contributed by atoms with Crippen LogP contribution in [0.25, 0.3) is 0 Å². The van der Waals surface area contributed by atoms with E-state index in [1.807, 2.05) is 68.4 Å². The first-order chi connectivity index (χ1) is 21.6. The molecule has 1 N–H and O–H groups in total. The molecule has 0 aromatic heterocycles. The highest BCUT2D eigenvalue weighted by atomic mass is 35.5. The Morgan fingerprint density at radius 1 is 0.844 bits per heavy atom. The van der Waals surface area contributed by atoms with Crippen LogP contribution in [-0.4, -0.2) is 44.3 Å². The molecule has 0 bridgehead atoms. The number of halogens is 1. The molecule has 0 radical (unpaired) electrons. The molecule has 4 aromatic carbocycles. The summed E-state index contributed by atoms with van der Waals surface area (Å²) >= 11 is 6.35. The molecule has 0 fully saturated rings. The maximum atomic E-state index is 14.5. The first-order valence-electron chi connectivity index (χ1n) is 15.1. The monoisotopic (exact) mass is 645 g/mol. The van der Waals surface area contributed by atoms with Crippen LogP contribution in [0.4, 0.5) is 5.69 Å². The average molecular weight is 646 g/mol. The second kappa shape index (κ2) is 15.7. The van der Waals surface area contributed by atoms with E-state index in [-0.39, 0.29) is 23.8 Å². The van der Waals surface area contributed by atoms with Gasteiger partial charge in [-0.25, -0.2) is 8.42 Å². The molecule has 7 nitrogen and oxygen atoms in total. The van der Waals surface area contributed by atoms with Crippen molar-refractivity contribution in [3.63, 3.8) is 0 Å². The van der Waals surface area contributed by atoms with E-state index < -0.39 is 28.5 Å². The minimum absolute atomic E-state index is 0.0420. The van der Waals surface area contributed by atoms with Crippen LogP contribution < -0.4 is 9.62 Å². The quantitative estimate of drug-likeness (QED) is 0.155. The summed E-state index contributed by atoms with van der Waals surface area (Å²) in [6, 6.07) is 29.3. The van der Waals surface area contributed by atoms with Gasteiger partial charge in [-0.2, -0.15) is 0 Å². The fraction of sp³-hybridized carbons (Fsp3) is 0.278. The van der Waals surface area contributed by atoms with Crippen LogP contribution >= 0.6 is 11.6 Å². The third kappa shape index (κ3) is 8.96. The second-order valence-corrected chi connectivity index (χ2v) is 13.4. The Kier molecular flexibility index (Phi) is 11.8. The minimum Gasteiger partial charge on any atom is -0.354 e. The fourth-order valence-corrected chi connectivity index (χ4v) is 6.69. The zero-order valence-corrected chi connectivity index (χ0v) is 27.5. The van der Waals surface area contributed by atoms with Gasteiger partial charge in [-0.3, -0.25) is 13.9 Å². The highest BCUT2D eigenvalue weighted by molar-refractivity contribution is 7.92. The Morgan fingerprint density at radius 3 is 2.13 bits per heavy atom. The standard InChI is InChI=1S/C36H40ClN3O4S/c1-4-5-22-38-36(42)34(23-29-12-8-6-9-13-29)39(25-30-19-16-27(2)17-20-30)35(41)26-40(33-24-31(37)21-18-28(33)3)45(43,44)32-14-10-7-11-15-32/h6-21,24,34H,4-5,22-23,25-26H2,1-3H3,(H,38,42).